The molecule has 0 bridgehead atoms. The summed E-state index contributed by atoms with van der Waals surface area (Å²) < 4.78 is 5.62. The summed E-state index contributed by atoms with van der Waals surface area (Å²) in [6.45, 7) is 0. The van der Waals surface area contributed by atoms with Crippen molar-refractivity contribution in [2.45, 2.75) is 0 Å². The lowest BCUT2D eigenvalue weighted by Crippen LogP contribution is -2.05. The Bertz CT molecular complexity index is 415. The fraction of sp³-hybridized carbons (Fsp3) is 0.100. The van der Waals surface area contributed by atoms with Crippen molar-refractivity contribution >= 4 is 34.6 Å². The number of methoxy groups -OCH3 is 1. The average molecular weight is 319 g/mol. The van der Waals surface area contributed by atoms with Gasteiger partial charge in [0.1, 0.15) is 0 Å². The second kappa shape index (κ2) is 5.01. The zero-order valence-electron chi connectivity index (χ0n) is 8.03. The van der Waals surface area contributed by atoms with Gasteiger partial charge >= 0.3 is 0 Å². The van der Waals surface area contributed by atoms with Gasteiger partial charge in [0, 0.05) is 6.08 Å². The molecule has 15 heavy (non-hydrogen) atoms. The maximum absolute atomic E-state index is 10.5. The molecule has 1 aromatic rings. The van der Waals surface area contributed by atoms with Crippen molar-refractivity contribution in [3.05, 3.63) is 27.3 Å². The third kappa shape index (κ3) is 3.12. The lowest BCUT2D eigenvalue weighted by atomic mass is 10.2. The topological polar surface area (TPSA) is 72.5 Å². The van der Waals surface area contributed by atoms with Gasteiger partial charge in [0.15, 0.2) is 11.5 Å². The van der Waals surface area contributed by atoms with E-state index in [2.05, 4.69) is 0 Å². The summed E-state index contributed by atoms with van der Waals surface area (Å²) >= 11 is 1.98. The molecule has 0 unspecified atom stereocenters. The van der Waals surface area contributed by atoms with E-state index in [1.54, 1.807) is 18.2 Å². The maximum atomic E-state index is 10.5. The summed E-state index contributed by atoms with van der Waals surface area (Å²) in [5, 5.41) is 9.55. The Hall–Kier alpha value is -1.24. The third-order valence-corrected chi connectivity index (χ3v) is 2.53. The zero-order valence-corrected chi connectivity index (χ0v) is 10.2. The van der Waals surface area contributed by atoms with Crippen molar-refractivity contribution < 1.29 is 14.6 Å². The van der Waals surface area contributed by atoms with Crippen LogP contribution in [0, 0.1) is 3.57 Å². The van der Waals surface area contributed by atoms with Crippen LogP contribution in [-0.4, -0.2) is 18.1 Å². The van der Waals surface area contributed by atoms with E-state index in [4.69, 9.17) is 10.5 Å². The van der Waals surface area contributed by atoms with Gasteiger partial charge in [0.2, 0.25) is 5.91 Å². The molecule has 0 atom stereocenters. The third-order valence-electron chi connectivity index (χ3n) is 1.71. The van der Waals surface area contributed by atoms with E-state index in [-0.39, 0.29) is 5.75 Å². The van der Waals surface area contributed by atoms with Crippen LogP contribution in [0.15, 0.2) is 18.2 Å². The molecule has 0 heterocycles. The SMILES string of the molecule is COc1cc(C=CC(N)=O)cc(I)c1O. The first-order chi connectivity index (χ1) is 7.04. The lowest BCUT2D eigenvalue weighted by molar-refractivity contribution is -0.113. The van der Waals surface area contributed by atoms with Crippen LogP contribution in [0.1, 0.15) is 5.56 Å². The number of nitrogens with two attached hydrogens (primary N) is 1. The number of carbonyl (C=O) groups is 1. The highest BCUT2D eigenvalue weighted by Gasteiger charge is 2.06. The molecule has 4 nitrogen and oxygen atoms in total. The Morgan fingerprint density at radius 1 is 1.60 bits per heavy atom. The molecule has 0 radical (unpaired) electrons. The highest BCUT2D eigenvalue weighted by Crippen LogP contribution is 2.32. The van der Waals surface area contributed by atoms with E-state index < -0.39 is 5.91 Å². The number of amides is 1. The van der Waals surface area contributed by atoms with Crippen LogP contribution in [-0.2, 0) is 4.79 Å². The summed E-state index contributed by atoms with van der Waals surface area (Å²) in [6, 6.07) is 3.34. The molecule has 1 aromatic carbocycles. The standard InChI is InChI=1S/C10H10INO3/c1-15-8-5-6(2-3-9(12)13)4-7(11)10(8)14/h2-5,14H,1H3,(H2,12,13). The average Bonchev–Trinajstić information content (AvgIpc) is 2.19. The van der Waals surface area contributed by atoms with Crippen LogP contribution in [0.25, 0.3) is 6.08 Å². The van der Waals surface area contributed by atoms with E-state index in [9.17, 15) is 9.90 Å². The van der Waals surface area contributed by atoms with Gasteiger partial charge < -0.3 is 15.6 Å². The molecule has 0 aliphatic heterocycles. The van der Waals surface area contributed by atoms with Gasteiger partial charge in [-0.1, -0.05) is 0 Å². The molecular formula is C10H10INO3. The largest absolute Gasteiger partial charge is 0.504 e. The molecular weight excluding hydrogens is 309 g/mol. The highest BCUT2D eigenvalue weighted by atomic mass is 127. The van der Waals surface area contributed by atoms with E-state index in [0.29, 0.717) is 9.32 Å². The van der Waals surface area contributed by atoms with Crippen LogP contribution < -0.4 is 10.5 Å². The van der Waals surface area contributed by atoms with Crippen molar-refractivity contribution in [2.75, 3.05) is 7.11 Å². The van der Waals surface area contributed by atoms with Crippen molar-refractivity contribution in [2.24, 2.45) is 5.73 Å². The molecule has 0 saturated carbocycles. The molecule has 0 aliphatic rings. The van der Waals surface area contributed by atoms with Crippen LogP contribution in [0.4, 0.5) is 0 Å². The van der Waals surface area contributed by atoms with Crippen molar-refractivity contribution in [3.63, 3.8) is 0 Å². The quantitative estimate of drug-likeness (QED) is 0.655. The second-order valence-electron chi connectivity index (χ2n) is 2.79. The number of ether oxygens (including phenoxy) is 1. The van der Waals surface area contributed by atoms with Gasteiger partial charge in [-0.25, -0.2) is 0 Å². The number of aromatic hydroxyl groups is 1. The van der Waals surface area contributed by atoms with Crippen LogP contribution in [0.3, 0.4) is 0 Å². The van der Waals surface area contributed by atoms with Gasteiger partial charge in [0.05, 0.1) is 10.7 Å². The molecule has 0 spiro atoms. The summed E-state index contributed by atoms with van der Waals surface area (Å²) in [7, 11) is 1.46. The van der Waals surface area contributed by atoms with E-state index in [1.807, 2.05) is 22.6 Å². The Kier molecular flexibility index (Phi) is 3.96. The fourth-order valence-electron chi connectivity index (χ4n) is 1.02. The predicted octanol–water partition coefficient (Wildman–Crippen LogP) is 1.50. The lowest BCUT2D eigenvalue weighted by Gasteiger charge is -2.06. The van der Waals surface area contributed by atoms with E-state index >= 15 is 0 Å². The minimum atomic E-state index is -0.517. The summed E-state index contributed by atoms with van der Waals surface area (Å²) in [6.07, 6.45) is 2.81. The molecule has 1 rings (SSSR count). The molecule has 3 N–H and O–H groups in total. The number of carbonyl (C=O) groups excluding carboxylic acids is 1. The van der Waals surface area contributed by atoms with Crippen LogP contribution in [0.5, 0.6) is 11.5 Å². The number of rotatable bonds is 3. The van der Waals surface area contributed by atoms with Crippen LogP contribution in [0.2, 0.25) is 0 Å². The molecule has 0 fully saturated rings. The minimum Gasteiger partial charge on any atom is -0.504 e. The summed E-state index contributed by atoms with van der Waals surface area (Å²) in [4.78, 5) is 10.5. The highest BCUT2D eigenvalue weighted by molar-refractivity contribution is 14.1. The fourth-order valence-corrected chi connectivity index (χ4v) is 1.65. The summed E-state index contributed by atoms with van der Waals surface area (Å²) in [5.74, 6) is -0.0580. The van der Waals surface area contributed by atoms with Gasteiger partial charge in [-0.05, 0) is 46.4 Å². The molecule has 0 aromatic heterocycles. The number of phenolic OH excluding ortho intramolecular Hbond substituents is 1. The van der Waals surface area contributed by atoms with Crippen molar-refractivity contribution in [1.82, 2.24) is 0 Å². The van der Waals surface area contributed by atoms with Gasteiger partial charge in [-0.2, -0.15) is 0 Å². The smallest absolute Gasteiger partial charge is 0.241 e. The zero-order chi connectivity index (χ0) is 11.4. The Morgan fingerprint density at radius 3 is 2.80 bits per heavy atom. The summed E-state index contributed by atoms with van der Waals surface area (Å²) in [5.41, 5.74) is 5.71. The monoisotopic (exact) mass is 319 g/mol. The maximum Gasteiger partial charge on any atom is 0.241 e. The predicted molar refractivity (Wildman–Crippen MR) is 65.6 cm³/mol. The first kappa shape index (κ1) is 11.8. The molecule has 5 heteroatoms. The van der Waals surface area contributed by atoms with E-state index in [1.165, 1.54) is 13.2 Å². The second-order valence-corrected chi connectivity index (χ2v) is 3.95. The molecule has 1 amide bonds. The Morgan fingerprint density at radius 2 is 2.27 bits per heavy atom. The number of phenols is 1. The molecule has 80 valence electrons. The number of hydrogen-bond donors (Lipinski definition) is 2. The first-order valence-electron chi connectivity index (χ1n) is 4.08. The Labute approximate surface area is 101 Å². The molecule has 0 saturated heterocycles. The Balaban J connectivity index is 3.11. The van der Waals surface area contributed by atoms with E-state index in [0.717, 1.165) is 5.56 Å². The van der Waals surface area contributed by atoms with Gasteiger partial charge in [-0.3, -0.25) is 4.79 Å². The van der Waals surface area contributed by atoms with Crippen molar-refractivity contribution in [3.8, 4) is 11.5 Å². The van der Waals surface area contributed by atoms with Crippen LogP contribution >= 0.6 is 22.6 Å². The number of benzene rings is 1. The normalized spacial score (nSPS) is 10.5. The van der Waals surface area contributed by atoms with Gasteiger partial charge in [-0.15, -0.1) is 0 Å². The van der Waals surface area contributed by atoms with Crippen molar-refractivity contribution in [1.29, 1.82) is 0 Å². The molecule has 0 aliphatic carbocycles. The minimum absolute atomic E-state index is 0.0920. The first-order valence-corrected chi connectivity index (χ1v) is 5.16. The number of halogens is 1. The number of primary amides is 1. The number of hydrogen-bond acceptors (Lipinski definition) is 3. The van der Waals surface area contributed by atoms with Gasteiger partial charge in [0.25, 0.3) is 0 Å².